The number of nitrogens with two attached hydrogens (primary N) is 1. The fourth-order valence-corrected chi connectivity index (χ4v) is 2.81. The molecule has 0 bridgehead atoms. The Morgan fingerprint density at radius 2 is 2.00 bits per heavy atom. The minimum absolute atomic E-state index is 0.0781. The SMILES string of the molecule is Cc1ccc(C)c(CC(=O)N2C[C@@H](C)[C@H](C(N)=O)C2)c1. The van der Waals surface area contributed by atoms with Gasteiger partial charge in [0.25, 0.3) is 0 Å². The molecule has 2 atom stereocenters. The van der Waals surface area contributed by atoms with Gasteiger partial charge >= 0.3 is 0 Å². The van der Waals surface area contributed by atoms with E-state index < -0.39 is 0 Å². The minimum atomic E-state index is -0.306. The molecule has 1 aromatic rings. The predicted octanol–water partition coefficient (Wildman–Crippen LogP) is 1.43. The molecule has 4 nitrogen and oxygen atoms in total. The van der Waals surface area contributed by atoms with Crippen molar-refractivity contribution in [3.8, 4) is 0 Å². The van der Waals surface area contributed by atoms with Crippen molar-refractivity contribution in [3.05, 3.63) is 34.9 Å². The Balaban J connectivity index is 2.06. The van der Waals surface area contributed by atoms with Gasteiger partial charge < -0.3 is 10.6 Å². The van der Waals surface area contributed by atoms with Crippen LogP contribution in [0.15, 0.2) is 18.2 Å². The van der Waals surface area contributed by atoms with Gasteiger partial charge in [0, 0.05) is 13.1 Å². The van der Waals surface area contributed by atoms with Crippen LogP contribution in [0.5, 0.6) is 0 Å². The van der Waals surface area contributed by atoms with Gasteiger partial charge in [0.05, 0.1) is 12.3 Å². The first kappa shape index (κ1) is 14.6. The zero-order valence-corrected chi connectivity index (χ0v) is 12.3. The fraction of sp³-hybridized carbons (Fsp3) is 0.500. The number of nitrogens with zero attached hydrogens (tertiary/aromatic N) is 1. The molecule has 1 aliphatic heterocycles. The van der Waals surface area contributed by atoms with Gasteiger partial charge in [-0.25, -0.2) is 0 Å². The van der Waals surface area contributed by atoms with Crippen molar-refractivity contribution in [1.29, 1.82) is 0 Å². The Morgan fingerprint density at radius 1 is 1.30 bits per heavy atom. The van der Waals surface area contributed by atoms with Gasteiger partial charge in [0.2, 0.25) is 11.8 Å². The van der Waals surface area contributed by atoms with Crippen LogP contribution < -0.4 is 5.73 Å². The second-order valence-corrected chi connectivity index (χ2v) is 5.89. The third-order valence-electron chi connectivity index (χ3n) is 4.18. The van der Waals surface area contributed by atoms with Gasteiger partial charge in [-0.3, -0.25) is 9.59 Å². The van der Waals surface area contributed by atoms with E-state index >= 15 is 0 Å². The molecular weight excluding hydrogens is 252 g/mol. The molecule has 0 spiro atoms. The Kier molecular flexibility index (Phi) is 4.12. The number of carbonyl (C=O) groups excluding carboxylic acids is 2. The number of primary amides is 1. The maximum absolute atomic E-state index is 12.4. The van der Waals surface area contributed by atoms with Crippen LogP contribution >= 0.6 is 0 Å². The maximum atomic E-state index is 12.4. The van der Waals surface area contributed by atoms with E-state index in [9.17, 15) is 9.59 Å². The monoisotopic (exact) mass is 274 g/mol. The molecule has 4 heteroatoms. The van der Waals surface area contributed by atoms with Gasteiger partial charge in [0.15, 0.2) is 0 Å². The van der Waals surface area contributed by atoms with E-state index in [4.69, 9.17) is 5.73 Å². The average Bonchev–Trinajstić information content (AvgIpc) is 2.76. The van der Waals surface area contributed by atoms with E-state index in [0.29, 0.717) is 19.5 Å². The number of hydrogen-bond donors (Lipinski definition) is 1. The zero-order valence-electron chi connectivity index (χ0n) is 12.3. The van der Waals surface area contributed by atoms with E-state index in [1.165, 1.54) is 0 Å². The molecule has 0 unspecified atom stereocenters. The molecule has 2 rings (SSSR count). The summed E-state index contributed by atoms with van der Waals surface area (Å²) in [6.07, 6.45) is 0.395. The molecule has 1 saturated heterocycles. The summed E-state index contributed by atoms with van der Waals surface area (Å²) in [7, 11) is 0. The summed E-state index contributed by atoms with van der Waals surface area (Å²) < 4.78 is 0. The number of hydrogen-bond acceptors (Lipinski definition) is 2. The molecular formula is C16H22N2O2. The van der Waals surface area contributed by atoms with Crippen LogP contribution in [0, 0.1) is 25.7 Å². The van der Waals surface area contributed by atoms with Crippen LogP contribution in [0.4, 0.5) is 0 Å². The minimum Gasteiger partial charge on any atom is -0.369 e. The molecule has 1 aliphatic rings. The summed E-state index contributed by atoms with van der Waals surface area (Å²) in [5.74, 6) is -0.290. The van der Waals surface area contributed by atoms with E-state index in [-0.39, 0.29) is 23.7 Å². The summed E-state index contributed by atoms with van der Waals surface area (Å²) >= 11 is 0. The lowest BCUT2D eigenvalue weighted by Gasteiger charge is -2.17. The lowest BCUT2D eigenvalue weighted by Crippen LogP contribution is -2.32. The molecule has 2 amide bonds. The molecule has 1 aromatic carbocycles. The topological polar surface area (TPSA) is 63.4 Å². The Bertz CT molecular complexity index is 539. The largest absolute Gasteiger partial charge is 0.369 e. The quantitative estimate of drug-likeness (QED) is 0.906. The third kappa shape index (κ3) is 3.00. The number of rotatable bonds is 3. The van der Waals surface area contributed by atoms with Crippen molar-refractivity contribution in [3.63, 3.8) is 0 Å². The normalized spacial score (nSPS) is 22.1. The predicted molar refractivity (Wildman–Crippen MR) is 78.0 cm³/mol. The molecule has 1 fully saturated rings. The van der Waals surface area contributed by atoms with Crippen LogP contribution in [-0.4, -0.2) is 29.8 Å². The van der Waals surface area contributed by atoms with Crippen LogP contribution in [0.1, 0.15) is 23.6 Å². The number of amides is 2. The van der Waals surface area contributed by atoms with E-state index in [1.807, 2.05) is 32.9 Å². The van der Waals surface area contributed by atoms with Crippen LogP contribution in [0.25, 0.3) is 0 Å². The van der Waals surface area contributed by atoms with Crippen molar-refractivity contribution < 1.29 is 9.59 Å². The third-order valence-corrected chi connectivity index (χ3v) is 4.18. The van der Waals surface area contributed by atoms with Crippen molar-refractivity contribution in [2.75, 3.05) is 13.1 Å². The second-order valence-electron chi connectivity index (χ2n) is 5.89. The zero-order chi connectivity index (χ0) is 14.9. The average molecular weight is 274 g/mol. The summed E-state index contributed by atoms with van der Waals surface area (Å²) in [5, 5.41) is 0. The first-order valence-corrected chi connectivity index (χ1v) is 7.01. The molecule has 2 N–H and O–H groups in total. The van der Waals surface area contributed by atoms with E-state index in [0.717, 1.165) is 16.7 Å². The summed E-state index contributed by atoms with van der Waals surface area (Å²) in [6.45, 7) is 7.09. The highest BCUT2D eigenvalue weighted by Gasteiger charge is 2.35. The molecule has 0 saturated carbocycles. The van der Waals surface area contributed by atoms with Gasteiger partial charge in [-0.15, -0.1) is 0 Å². The Hall–Kier alpha value is -1.84. The lowest BCUT2D eigenvalue weighted by atomic mass is 9.98. The van der Waals surface area contributed by atoms with Gasteiger partial charge in [-0.1, -0.05) is 30.7 Å². The number of likely N-dealkylation sites (tertiary alicyclic amines) is 1. The van der Waals surface area contributed by atoms with Crippen molar-refractivity contribution in [2.24, 2.45) is 17.6 Å². The Labute approximate surface area is 119 Å². The summed E-state index contributed by atoms with van der Waals surface area (Å²) in [5.41, 5.74) is 8.71. The summed E-state index contributed by atoms with van der Waals surface area (Å²) in [4.78, 5) is 25.5. The van der Waals surface area contributed by atoms with Crippen molar-refractivity contribution in [1.82, 2.24) is 4.90 Å². The highest BCUT2D eigenvalue weighted by Crippen LogP contribution is 2.23. The molecule has 20 heavy (non-hydrogen) atoms. The first-order chi connectivity index (χ1) is 9.38. The fourth-order valence-electron chi connectivity index (χ4n) is 2.81. The summed E-state index contributed by atoms with van der Waals surface area (Å²) in [6, 6.07) is 6.14. The van der Waals surface area contributed by atoms with E-state index in [2.05, 4.69) is 6.07 Å². The maximum Gasteiger partial charge on any atom is 0.227 e. The van der Waals surface area contributed by atoms with E-state index in [1.54, 1.807) is 4.90 Å². The highest BCUT2D eigenvalue weighted by molar-refractivity contribution is 5.82. The van der Waals surface area contributed by atoms with Crippen LogP contribution in [-0.2, 0) is 16.0 Å². The lowest BCUT2D eigenvalue weighted by molar-refractivity contribution is -0.129. The first-order valence-electron chi connectivity index (χ1n) is 7.01. The molecule has 0 aliphatic carbocycles. The van der Waals surface area contributed by atoms with Gasteiger partial charge in [0.1, 0.15) is 0 Å². The molecule has 0 radical (unpaired) electrons. The second kappa shape index (κ2) is 5.65. The number of carbonyl (C=O) groups is 2. The van der Waals surface area contributed by atoms with Crippen LogP contribution in [0.3, 0.4) is 0 Å². The van der Waals surface area contributed by atoms with Gasteiger partial charge in [-0.05, 0) is 30.9 Å². The Morgan fingerprint density at radius 3 is 2.60 bits per heavy atom. The van der Waals surface area contributed by atoms with Gasteiger partial charge in [-0.2, -0.15) is 0 Å². The molecule has 0 aromatic heterocycles. The molecule has 1 heterocycles. The van der Waals surface area contributed by atoms with Crippen molar-refractivity contribution >= 4 is 11.8 Å². The molecule has 108 valence electrons. The highest BCUT2D eigenvalue weighted by atomic mass is 16.2. The smallest absolute Gasteiger partial charge is 0.227 e. The standard InChI is InChI=1S/C16H22N2O2/c1-10-4-5-11(2)13(6-10)7-15(19)18-8-12(3)14(9-18)16(17)20/h4-6,12,14H,7-9H2,1-3H3,(H2,17,20)/t12-,14-/m1/s1. The van der Waals surface area contributed by atoms with Crippen molar-refractivity contribution in [2.45, 2.75) is 27.2 Å². The number of benzene rings is 1. The number of aryl methyl sites for hydroxylation is 2. The van der Waals surface area contributed by atoms with Crippen LogP contribution in [0.2, 0.25) is 0 Å².